The van der Waals surface area contributed by atoms with Gasteiger partial charge < -0.3 is 54.3 Å². The number of methoxy groups -OCH3 is 1. The zero-order valence-corrected chi connectivity index (χ0v) is 20.8. The highest BCUT2D eigenvalue weighted by molar-refractivity contribution is 5.89. The number of carbonyl (C=O) groups excluding carboxylic acids is 2. The lowest BCUT2D eigenvalue weighted by atomic mass is 9.74. The van der Waals surface area contributed by atoms with Crippen molar-refractivity contribution < 1.29 is 63.9 Å². The summed E-state index contributed by atoms with van der Waals surface area (Å²) in [5.74, 6) is -4.28. The Bertz CT molecular complexity index is 1150. The molecule has 3 aliphatic heterocycles. The maximum absolute atomic E-state index is 13.1. The average molecular weight is 551 g/mol. The molecule has 13 nitrogen and oxygen atoms in total. The van der Waals surface area contributed by atoms with Crippen LogP contribution < -0.4 is 0 Å². The van der Waals surface area contributed by atoms with Crippen LogP contribution in [0.15, 0.2) is 48.3 Å². The van der Waals surface area contributed by atoms with Crippen molar-refractivity contribution in [2.24, 2.45) is 17.8 Å². The molecule has 0 amide bonds. The Morgan fingerprint density at radius 3 is 2.44 bits per heavy atom. The zero-order chi connectivity index (χ0) is 28.1. The predicted molar refractivity (Wildman–Crippen MR) is 126 cm³/mol. The molecule has 0 unspecified atom stereocenters. The largest absolute Gasteiger partial charge is 0.508 e. The van der Waals surface area contributed by atoms with Crippen LogP contribution in [-0.4, -0.2) is 105 Å². The Kier molecular flexibility index (Phi) is 7.41. The molecule has 1 aliphatic carbocycles. The summed E-state index contributed by atoms with van der Waals surface area (Å²) in [4.78, 5) is 25.6. The number of aliphatic hydroxyl groups excluding tert-OH is 5. The summed E-state index contributed by atoms with van der Waals surface area (Å²) in [5, 5.41) is 61.3. The van der Waals surface area contributed by atoms with Crippen LogP contribution in [0.3, 0.4) is 0 Å². The van der Waals surface area contributed by atoms with Crippen LogP contribution >= 0.6 is 0 Å². The van der Waals surface area contributed by atoms with Crippen molar-refractivity contribution in [2.45, 2.75) is 55.1 Å². The third kappa shape index (κ3) is 4.59. The minimum Gasteiger partial charge on any atom is -0.508 e. The van der Waals surface area contributed by atoms with Gasteiger partial charge in [0, 0.05) is 5.92 Å². The number of benzene rings is 1. The molecule has 1 aromatic rings. The first-order valence-electron chi connectivity index (χ1n) is 12.4. The number of fused-ring (bicyclic) bond motifs is 2. The molecule has 1 spiro atoms. The van der Waals surface area contributed by atoms with Gasteiger partial charge in [-0.2, -0.15) is 0 Å². The molecular formula is C26H30O13. The van der Waals surface area contributed by atoms with Crippen LogP contribution in [-0.2, 0) is 39.7 Å². The molecule has 2 fully saturated rings. The predicted octanol–water partition coefficient (Wildman–Crippen LogP) is -1.76. The number of esters is 2. The number of phenolic OH excluding ortho intramolecular Hbond substituents is 1. The second kappa shape index (κ2) is 10.5. The van der Waals surface area contributed by atoms with E-state index in [-0.39, 0.29) is 17.7 Å². The van der Waals surface area contributed by atoms with Crippen molar-refractivity contribution in [3.63, 3.8) is 0 Å². The molecule has 1 aromatic carbocycles. The van der Waals surface area contributed by atoms with E-state index >= 15 is 0 Å². The summed E-state index contributed by atoms with van der Waals surface area (Å²) in [7, 11) is 1.18. The van der Waals surface area contributed by atoms with Crippen molar-refractivity contribution in [2.75, 3.05) is 13.7 Å². The van der Waals surface area contributed by atoms with Crippen molar-refractivity contribution in [1.82, 2.24) is 0 Å². The van der Waals surface area contributed by atoms with E-state index in [2.05, 4.69) is 0 Å². The first-order valence-corrected chi connectivity index (χ1v) is 12.4. The third-order valence-corrected chi connectivity index (χ3v) is 7.81. The molecule has 39 heavy (non-hydrogen) atoms. The number of allylic oxidation sites excluding steroid dienone is 1. The average Bonchev–Trinajstić information content (AvgIpc) is 3.43. The van der Waals surface area contributed by atoms with Crippen molar-refractivity contribution in [1.29, 1.82) is 0 Å². The van der Waals surface area contributed by atoms with Crippen LogP contribution in [0.4, 0.5) is 0 Å². The van der Waals surface area contributed by atoms with Gasteiger partial charge in [0.05, 0.1) is 37.4 Å². The highest BCUT2D eigenvalue weighted by Crippen LogP contribution is 2.53. The van der Waals surface area contributed by atoms with Crippen LogP contribution in [0.1, 0.15) is 5.56 Å². The van der Waals surface area contributed by atoms with Crippen molar-refractivity contribution in [3.8, 4) is 5.75 Å². The molecule has 2 saturated heterocycles. The summed E-state index contributed by atoms with van der Waals surface area (Å²) in [5.41, 5.74) is -0.988. The molecule has 6 N–H and O–H groups in total. The fraction of sp³-hybridized carbons (Fsp3) is 0.538. The minimum atomic E-state index is -1.75. The monoisotopic (exact) mass is 550 g/mol. The van der Waals surface area contributed by atoms with Crippen LogP contribution in [0.2, 0.25) is 0 Å². The molecular weight excluding hydrogens is 520 g/mol. The number of carbonyl (C=O) groups is 2. The molecule has 13 heteroatoms. The molecule has 5 rings (SSSR count). The van der Waals surface area contributed by atoms with Crippen LogP contribution in [0, 0.1) is 17.8 Å². The Morgan fingerprint density at radius 1 is 1.05 bits per heavy atom. The lowest BCUT2D eigenvalue weighted by molar-refractivity contribution is -0.347. The number of rotatable bonds is 6. The van der Waals surface area contributed by atoms with Gasteiger partial charge in [-0.1, -0.05) is 18.2 Å². The summed E-state index contributed by atoms with van der Waals surface area (Å²) in [6, 6.07) is 6.13. The second-order valence-corrected chi connectivity index (χ2v) is 10.0. The molecule has 0 aromatic heterocycles. The van der Waals surface area contributed by atoms with Gasteiger partial charge in [0.2, 0.25) is 6.29 Å². The van der Waals surface area contributed by atoms with E-state index in [0.717, 1.165) is 6.26 Å². The smallest absolute Gasteiger partial charge is 0.337 e. The van der Waals surface area contributed by atoms with Gasteiger partial charge in [0.1, 0.15) is 36.3 Å². The van der Waals surface area contributed by atoms with Gasteiger partial charge in [0.25, 0.3) is 0 Å². The van der Waals surface area contributed by atoms with E-state index in [1.165, 1.54) is 25.3 Å². The lowest BCUT2D eigenvalue weighted by Gasteiger charge is -2.45. The summed E-state index contributed by atoms with van der Waals surface area (Å²) < 4.78 is 27.7. The zero-order valence-electron chi connectivity index (χ0n) is 20.8. The van der Waals surface area contributed by atoms with Gasteiger partial charge in [0.15, 0.2) is 11.9 Å². The molecule has 11 atom stereocenters. The fourth-order valence-corrected chi connectivity index (χ4v) is 5.71. The highest BCUT2D eigenvalue weighted by atomic mass is 16.8. The maximum atomic E-state index is 13.1. The van der Waals surface area contributed by atoms with E-state index in [0.29, 0.717) is 5.56 Å². The number of aliphatic hydroxyl groups is 5. The number of aromatic hydroxyl groups is 1. The fourth-order valence-electron chi connectivity index (χ4n) is 5.71. The quantitative estimate of drug-likeness (QED) is 0.172. The Hall–Kier alpha value is -3.04. The summed E-state index contributed by atoms with van der Waals surface area (Å²) in [6.07, 6.45) is -6.53. The van der Waals surface area contributed by atoms with Gasteiger partial charge in [-0.3, -0.25) is 4.79 Å². The normalized spacial score (nSPS) is 41.1. The molecule has 0 radical (unpaired) electrons. The molecule has 0 bridgehead atoms. The SMILES string of the molecule is COC(=O)C1=CO[C@H](O[C@H]2O[C@H](CO)[C@H](O)[C@H](O)[C@H]2O)[C@@H]2[C@@H]1C=C[C@@]21OC(=O)[C@H](Cc2ccc(O)cc2)[C@H]1O. The van der Waals surface area contributed by atoms with E-state index in [1.54, 1.807) is 18.2 Å². The van der Waals surface area contributed by atoms with E-state index in [9.17, 15) is 40.2 Å². The van der Waals surface area contributed by atoms with E-state index in [1.807, 2.05) is 0 Å². The Morgan fingerprint density at radius 2 is 1.77 bits per heavy atom. The maximum Gasteiger partial charge on any atom is 0.337 e. The minimum absolute atomic E-state index is 0.0426. The highest BCUT2D eigenvalue weighted by Gasteiger charge is 2.66. The first kappa shape index (κ1) is 27.5. The molecule has 212 valence electrons. The number of hydrogen-bond donors (Lipinski definition) is 6. The van der Waals surface area contributed by atoms with Crippen LogP contribution in [0.25, 0.3) is 0 Å². The molecule has 0 saturated carbocycles. The number of phenols is 1. The summed E-state index contributed by atoms with van der Waals surface area (Å²) >= 11 is 0. The van der Waals surface area contributed by atoms with Gasteiger partial charge >= 0.3 is 11.9 Å². The second-order valence-electron chi connectivity index (χ2n) is 10.0. The topological polar surface area (TPSA) is 202 Å². The number of ether oxygens (including phenoxy) is 5. The lowest BCUT2D eigenvalue weighted by Crippen LogP contribution is -2.61. The van der Waals surface area contributed by atoms with Crippen LogP contribution in [0.5, 0.6) is 5.75 Å². The van der Waals surface area contributed by atoms with Gasteiger partial charge in [-0.25, -0.2) is 4.79 Å². The summed E-state index contributed by atoms with van der Waals surface area (Å²) in [6.45, 7) is -0.685. The van der Waals surface area contributed by atoms with Crippen molar-refractivity contribution >= 4 is 11.9 Å². The van der Waals surface area contributed by atoms with Crippen molar-refractivity contribution in [3.05, 3.63) is 53.8 Å². The first-order chi connectivity index (χ1) is 18.6. The Balaban J connectivity index is 1.46. The van der Waals surface area contributed by atoms with E-state index in [4.69, 9.17) is 23.7 Å². The van der Waals surface area contributed by atoms with Gasteiger partial charge in [-0.05, 0) is 30.2 Å². The molecule has 4 aliphatic rings. The Labute approximate surface area is 222 Å². The van der Waals surface area contributed by atoms with Gasteiger partial charge in [-0.15, -0.1) is 0 Å². The molecule has 3 heterocycles. The standard InChI is InChI=1S/C26H30O13/c1-35-22(33)15-10-36-24(38-25-20(31)19(30)18(29)16(9-27)37-25)17-13(15)6-7-26(17)21(32)14(23(34)39-26)8-11-2-4-12(28)5-3-11/h2-7,10,13-14,16-21,24-25,27-32H,8-9H2,1H3/t13-,14-,16-,17+,18+,19+,20-,21-,24-,25-,26-/m1/s1. The third-order valence-electron chi connectivity index (χ3n) is 7.81. The van der Waals surface area contributed by atoms with E-state index < -0.39 is 85.0 Å². The number of hydrogen-bond acceptors (Lipinski definition) is 13.